The molecule has 0 amide bonds. The fraction of sp³-hybridized carbons (Fsp3) is 1.00. The minimum absolute atomic E-state index is 0. The summed E-state index contributed by atoms with van der Waals surface area (Å²) in [6.07, 6.45) is 4.52. The molecule has 11 heavy (non-hydrogen) atoms. The molecule has 63 valence electrons. The molecule has 2 N–H and O–H groups in total. The standard InChI is InChI=1S/C6H13O3P.Tl/c7-10(8,9)6-4-2-1-3-5-6;/h6H,1-5H2,(H2,7,8,9);. The molecule has 0 aromatic heterocycles. The molecule has 0 unspecified atom stereocenters. The Morgan fingerprint density at radius 2 is 1.55 bits per heavy atom. The molecule has 5 heteroatoms. The summed E-state index contributed by atoms with van der Waals surface area (Å²) in [7, 11) is -3.74. The summed E-state index contributed by atoms with van der Waals surface area (Å²) in [4.78, 5) is 17.5. The van der Waals surface area contributed by atoms with Gasteiger partial charge >= 0.3 is 7.60 Å². The van der Waals surface area contributed by atoms with Crippen LogP contribution in [0.25, 0.3) is 0 Å². The number of rotatable bonds is 1. The molecule has 1 radical (unpaired) electrons. The fourth-order valence-electron chi connectivity index (χ4n) is 1.42. The van der Waals surface area contributed by atoms with Crippen LogP contribution in [0.2, 0.25) is 0 Å². The van der Waals surface area contributed by atoms with Gasteiger partial charge in [-0.2, -0.15) is 0 Å². The van der Waals surface area contributed by atoms with Gasteiger partial charge in [0.1, 0.15) is 0 Å². The number of hydrogen-bond donors (Lipinski definition) is 2. The first-order chi connectivity index (χ1) is 4.61. The number of hydrogen-bond acceptors (Lipinski definition) is 1. The van der Waals surface area contributed by atoms with Crippen molar-refractivity contribution in [3.05, 3.63) is 0 Å². The maximum Gasteiger partial charge on any atom is 0.328 e. The van der Waals surface area contributed by atoms with Crippen LogP contribution >= 0.6 is 7.60 Å². The fourth-order valence-corrected chi connectivity index (χ4v) is 2.46. The Morgan fingerprint density at radius 1 is 1.09 bits per heavy atom. The second kappa shape index (κ2) is 4.94. The van der Waals surface area contributed by atoms with Gasteiger partial charge in [-0.25, -0.2) is 0 Å². The Bertz CT molecular complexity index is 150. The molecule has 0 heterocycles. The Hall–Kier alpha value is 1.07. The zero-order valence-electron chi connectivity index (χ0n) is 6.44. The zero-order valence-corrected chi connectivity index (χ0v) is 11.8. The smallest absolute Gasteiger partial charge is 0.324 e. The normalized spacial score (nSPS) is 20.9. The van der Waals surface area contributed by atoms with Crippen LogP contribution in [0.5, 0.6) is 0 Å². The van der Waals surface area contributed by atoms with Crippen LogP contribution in [0.1, 0.15) is 32.1 Å². The molecule has 1 aliphatic rings. The quantitative estimate of drug-likeness (QED) is 0.539. The second-order valence-corrected chi connectivity index (χ2v) is 4.79. The van der Waals surface area contributed by atoms with Crippen molar-refractivity contribution in [2.45, 2.75) is 37.8 Å². The Balaban J connectivity index is 0.000001000. The minimum atomic E-state index is -3.74. The zero-order chi connectivity index (χ0) is 7.61. The van der Waals surface area contributed by atoms with E-state index in [9.17, 15) is 4.57 Å². The monoisotopic (exact) mass is 369 g/mol. The molecule has 0 spiro atoms. The topological polar surface area (TPSA) is 57.5 Å². The molecular formula is C6H13O3PTl. The van der Waals surface area contributed by atoms with E-state index in [1.807, 2.05) is 0 Å². The first kappa shape index (κ1) is 12.1. The van der Waals surface area contributed by atoms with Crippen LogP contribution in [0.15, 0.2) is 0 Å². The minimum Gasteiger partial charge on any atom is -0.324 e. The summed E-state index contributed by atoms with van der Waals surface area (Å²) in [5.74, 6) is 0. The molecule has 3 nitrogen and oxygen atoms in total. The van der Waals surface area contributed by atoms with Crippen LogP contribution < -0.4 is 0 Å². The molecule has 0 bridgehead atoms. The first-order valence-corrected chi connectivity index (χ1v) is 5.34. The van der Waals surface area contributed by atoms with E-state index in [0.29, 0.717) is 12.8 Å². The van der Waals surface area contributed by atoms with Crippen LogP contribution in [-0.2, 0) is 4.57 Å². The van der Waals surface area contributed by atoms with Crippen molar-refractivity contribution in [1.29, 1.82) is 0 Å². The van der Waals surface area contributed by atoms with Crippen molar-refractivity contribution in [2.75, 3.05) is 0 Å². The SMILES string of the molecule is O=P(O)(O)C1CCCCC1.[Tl]. The van der Waals surface area contributed by atoms with Gasteiger partial charge in [-0.3, -0.25) is 4.57 Å². The second-order valence-electron chi connectivity index (χ2n) is 2.88. The molecule has 0 aromatic carbocycles. The van der Waals surface area contributed by atoms with E-state index in [-0.39, 0.29) is 33.0 Å². The summed E-state index contributed by atoms with van der Waals surface area (Å²) in [6.45, 7) is 0. The third kappa shape index (κ3) is 4.01. The summed E-state index contributed by atoms with van der Waals surface area (Å²) in [6, 6.07) is 0. The van der Waals surface area contributed by atoms with E-state index >= 15 is 0 Å². The van der Waals surface area contributed by atoms with Crippen molar-refractivity contribution in [2.24, 2.45) is 0 Å². The van der Waals surface area contributed by atoms with E-state index in [4.69, 9.17) is 9.79 Å². The third-order valence-corrected chi connectivity index (χ3v) is 3.52. The van der Waals surface area contributed by atoms with E-state index in [1.165, 1.54) is 0 Å². The van der Waals surface area contributed by atoms with Gasteiger partial charge in [0.15, 0.2) is 0 Å². The first-order valence-electron chi connectivity index (χ1n) is 3.66. The van der Waals surface area contributed by atoms with Gasteiger partial charge in [0.2, 0.25) is 0 Å². The van der Waals surface area contributed by atoms with E-state index in [2.05, 4.69) is 0 Å². The predicted molar refractivity (Wildman–Crippen MR) is 44.7 cm³/mol. The maximum atomic E-state index is 10.7. The van der Waals surface area contributed by atoms with Crippen molar-refractivity contribution < 1.29 is 14.4 Å². The van der Waals surface area contributed by atoms with Gasteiger partial charge in [-0.05, 0) is 12.8 Å². The molecule has 1 rings (SSSR count). The van der Waals surface area contributed by atoms with Crippen molar-refractivity contribution >= 4 is 34.9 Å². The summed E-state index contributed by atoms with van der Waals surface area (Å²) in [5.41, 5.74) is -0.332. The molecule has 0 aliphatic heterocycles. The summed E-state index contributed by atoms with van der Waals surface area (Å²) in [5, 5.41) is 0. The van der Waals surface area contributed by atoms with E-state index in [1.54, 1.807) is 0 Å². The average Bonchev–Trinajstić information content (AvgIpc) is 1.88. The maximum absolute atomic E-state index is 10.7. The summed E-state index contributed by atoms with van der Waals surface area (Å²) < 4.78 is 10.7. The van der Waals surface area contributed by atoms with Gasteiger partial charge in [0.25, 0.3) is 0 Å². The van der Waals surface area contributed by atoms with Crippen molar-refractivity contribution in [3.8, 4) is 0 Å². The van der Waals surface area contributed by atoms with E-state index in [0.717, 1.165) is 19.3 Å². The van der Waals surface area contributed by atoms with Gasteiger partial charge in [0, 0.05) is 27.3 Å². The predicted octanol–water partition coefficient (Wildman–Crippen LogP) is 1.12. The van der Waals surface area contributed by atoms with Gasteiger partial charge < -0.3 is 9.79 Å². The third-order valence-electron chi connectivity index (χ3n) is 2.05. The molecular weight excluding hydrogens is 355 g/mol. The van der Waals surface area contributed by atoms with E-state index < -0.39 is 7.60 Å². The average molecular weight is 369 g/mol. The Morgan fingerprint density at radius 3 is 1.82 bits per heavy atom. The molecule has 1 fully saturated rings. The Kier molecular flexibility index (Phi) is 5.43. The van der Waals surface area contributed by atoms with Crippen LogP contribution in [0, 0.1) is 0 Å². The molecule has 0 atom stereocenters. The van der Waals surface area contributed by atoms with Gasteiger partial charge in [0.05, 0.1) is 5.66 Å². The van der Waals surface area contributed by atoms with Gasteiger partial charge in [-0.15, -0.1) is 0 Å². The summed E-state index contributed by atoms with van der Waals surface area (Å²) >= 11 is 0. The van der Waals surface area contributed by atoms with Crippen LogP contribution in [0.3, 0.4) is 0 Å². The molecule has 0 saturated heterocycles. The van der Waals surface area contributed by atoms with Gasteiger partial charge in [-0.1, -0.05) is 19.3 Å². The molecule has 1 aliphatic carbocycles. The van der Waals surface area contributed by atoms with Crippen LogP contribution in [0.4, 0.5) is 0 Å². The molecule has 1 saturated carbocycles. The largest absolute Gasteiger partial charge is 0.328 e. The van der Waals surface area contributed by atoms with Crippen molar-refractivity contribution in [3.63, 3.8) is 0 Å². The van der Waals surface area contributed by atoms with Crippen molar-refractivity contribution in [1.82, 2.24) is 0 Å². The Labute approximate surface area is 86.9 Å². The molecule has 0 aromatic rings. The van der Waals surface area contributed by atoms with Crippen LogP contribution in [-0.4, -0.2) is 42.7 Å².